The first kappa shape index (κ1) is 22.6. The molecular formula is C17H31IN4O2S. The van der Waals surface area contributed by atoms with Crippen molar-refractivity contribution in [1.29, 1.82) is 0 Å². The first-order valence-corrected chi connectivity index (χ1v) is 9.40. The first-order chi connectivity index (χ1) is 11.5. The summed E-state index contributed by atoms with van der Waals surface area (Å²) in [6.07, 6.45) is 0. The molecule has 1 aliphatic heterocycles. The molecule has 25 heavy (non-hydrogen) atoms. The minimum Gasteiger partial charge on any atom is -0.387 e. The summed E-state index contributed by atoms with van der Waals surface area (Å²) in [6, 6.07) is 4.23. The molecule has 2 heterocycles. The van der Waals surface area contributed by atoms with E-state index in [4.69, 9.17) is 4.74 Å². The summed E-state index contributed by atoms with van der Waals surface area (Å²) >= 11 is 1.76. The Kier molecular flexibility index (Phi) is 10.2. The highest BCUT2D eigenvalue weighted by molar-refractivity contribution is 14.0. The predicted octanol–water partition coefficient (Wildman–Crippen LogP) is 1.81. The van der Waals surface area contributed by atoms with Crippen LogP contribution in [0, 0.1) is 6.92 Å². The second kappa shape index (κ2) is 11.3. The molecule has 2 rings (SSSR count). The topological polar surface area (TPSA) is 69.1 Å². The van der Waals surface area contributed by atoms with E-state index < -0.39 is 5.60 Å². The molecule has 0 bridgehead atoms. The summed E-state index contributed by atoms with van der Waals surface area (Å²) in [5.41, 5.74) is -0.812. The number of guanidine groups is 1. The second-order valence-corrected chi connectivity index (χ2v) is 7.82. The number of nitrogens with zero attached hydrogens (tertiary/aromatic N) is 2. The van der Waals surface area contributed by atoms with Gasteiger partial charge in [0.05, 0.1) is 25.4 Å². The highest BCUT2D eigenvalue weighted by Gasteiger charge is 2.25. The molecule has 1 saturated heterocycles. The highest BCUT2D eigenvalue weighted by atomic mass is 127. The van der Waals surface area contributed by atoms with Crippen LogP contribution in [0.4, 0.5) is 0 Å². The number of hydrogen-bond acceptors (Lipinski definition) is 5. The zero-order valence-electron chi connectivity index (χ0n) is 15.4. The molecule has 0 saturated carbocycles. The van der Waals surface area contributed by atoms with Crippen molar-refractivity contribution in [2.24, 2.45) is 4.99 Å². The van der Waals surface area contributed by atoms with Crippen molar-refractivity contribution in [3.8, 4) is 0 Å². The SMILES string of the molecule is CCNC(=NCc1ccc(C)s1)NCC(C)(O)CN1CCOCC1.I. The molecule has 0 spiro atoms. The molecule has 1 fully saturated rings. The van der Waals surface area contributed by atoms with Gasteiger partial charge >= 0.3 is 0 Å². The lowest BCUT2D eigenvalue weighted by Gasteiger charge is -2.34. The van der Waals surface area contributed by atoms with Gasteiger partial charge in [-0.3, -0.25) is 4.90 Å². The number of aliphatic imine (C=N–C) groups is 1. The van der Waals surface area contributed by atoms with Crippen LogP contribution in [-0.4, -0.2) is 67.5 Å². The first-order valence-electron chi connectivity index (χ1n) is 8.58. The van der Waals surface area contributed by atoms with Crippen molar-refractivity contribution in [3.63, 3.8) is 0 Å². The van der Waals surface area contributed by atoms with Crippen molar-refractivity contribution in [2.75, 3.05) is 45.9 Å². The predicted molar refractivity (Wildman–Crippen MR) is 115 cm³/mol. The molecule has 0 aromatic carbocycles. The van der Waals surface area contributed by atoms with Gasteiger partial charge in [0.2, 0.25) is 0 Å². The van der Waals surface area contributed by atoms with Crippen molar-refractivity contribution < 1.29 is 9.84 Å². The lowest BCUT2D eigenvalue weighted by molar-refractivity contribution is -0.0201. The summed E-state index contributed by atoms with van der Waals surface area (Å²) < 4.78 is 5.35. The Morgan fingerprint density at radius 2 is 2.08 bits per heavy atom. The lowest BCUT2D eigenvalue weighted by Crippen LogP contribution is -2.52. The van der Waals surface area contributed by atoms with Crippen LogP contribution in [0.2, 0.25) is 0 Å². The van der Waals surface area contributed by atoms with Crippen LogP contribution in [0.15, 0.2) is 17.1 Å². The average Bonchev–Trinajstić information content (AvgIpc) is 2.96. The van der Waals surface area contributed by atoms with Crippen LogP contribution in [-0.2, 0) is 11.3 Å². The van der Waals surface area contributed by atoms with Gasteiger partial charge in [0, 0.05) is 42.5 Å². The quantitative estimate of drug-likeness (QED) is 0.314. The van der Waals surface area contributed by atoms with Gasteiger partial charge in [-0.25, -0.2) is 4.99 Å². The van der Waals surface area contributed by atoms with E-state index in [1.54, 1.807) is 11.3 Å². The van der Waals surface area contributed by atoms with Crippen LogP contribution >= 0.6 is 35.3 Å². The number of hydrogen-bond donors (Lipinski definition) is 3. The van der Waals surface area contributed by atoms with E-state index in [1.807, 2.05) is 13.8 Å². The van der Waals surface area contributed by atoms with Gasteiger partial charge in [0.1, 0.15) is 0 Å². The Hall–Kier alpha value is -0.420. The van der Waals surface area contributed by atoms with Crippen LogP contribution in [0.1, 0.15) is 23.6 Å². The van der Waals surface area contributed by atoms with Crippen molar-refractivity contribution in [2.45, 2.75) is 32.9 Å². The van der Waals surface area contributed by atoms with Gasteiger partial charge in [-0.1, -0.05) is 0 Å². The van der Waals surface area contributed by atoms with Gasteiger partial charge < -0.3 is 20.5 Å². The van der Waals surface area contributed by atoms with Crippen LogP contribution in [0.3, 0.4) is 0 Å². The minimum atomic E-state index is -0.812. The molecule has 6 nitrogen and oxygen atoms in total. The van der Waals surface area contributed by atoms with E-state index in [9.17, 15) is 5.11 Å². The number of β-amino-alcohol motifs (C(OH)–C–C–N with tert-alkyl or cyclic N) is 1. The molecule has 1 aromatic rings. The molecule has 144 valence electrons. The fourth-order valence-electron chi connectivity index (χ4n) is 2.64. The number of thiophene rings is 1. The third-order valence-corrected chi connectivity index (χ3v) is 4.82. The Bertz CT molecular complexity index is 530. The molecule has 1 unspecified atom stereocenters. The van der Waals surface area contributed by atoms with Gasteiger partial charge in [0.15, 0.2) is 5.96 Å². The Morgan fingerprint density at radius 1 is 1.36 bits per heavy atom. The number of morpholine rings is 1. The molecular weight excluding hydrogens is 451 g/mol. The summed E-state index contributed by atoms with van der Waals surface area (Å²) in [6.45, 7) is 11.8. The molecule has 0 radical (unpaired) electrons. The highest BCUT2D eigenvalue weighted by Crippen LogP contribution is 2.15. The van der Waals surface area contributed by atoms with E-state index in [-0.39, 0.29) is 24.0 Å². The van der Waals surface area contributed by atoms with E-state index in [0.29, 0.717) is 19.6 Å². The number of aliphatic hydroxyl groups is 1. The smallest absolute Gasteiger partial charge is 0.191 e. The fourth-order valence-corrected chi connectivity index (χ4v) is 3.45. The summed E-state index contributed by atoms with van der Waals surface area (Å²) in [7, 11) is 0. The maximum absolute atomic E-state index is 10.6. The third-order valence-electron chi connectivity index (χ3n) is 3.84. The fraction of sp³-hybridized carbons (Fsp3) is 0.706. The zero-order chi connectivity index (χ0) is 17.4. The monoisotopic (exact) mass is 482 g/mol. The van der Waals surface area contributed by atoms with E-state index in [0.717, 1.165) is 38.8 Å². The molecule has 8 heteroatoms. The van der Waals surface area contributed by atoms with E-state index in [2.05, 4.69) is 39.6 Å². The molecule has 0 amide bonds. The largest absolute Gasteiger partial charge is 0.387 e. The average molecular weight is 482 g/mol. The van der Waals surface area contributed by atoms with Gasteiger partial charge in [0.25, 0.3) is 0 Å². The van der Waals surface area contributed by atoms with Gasteiger partial charge in [-0.2, -0.15) is 0 Å². The molecule has 1 aliphatic rings. The zero-order valence-corrected chi connectivity index (χ0v) is 18.5. The Balaban J connectivity index is 0.00000312. The number of nitrogens with one attached hydrogen (secondary N) is 2. The van der Waals surface area contributed by atoms with E-state index >= 15 is 0 Å². The third kappa shape index (κ3) is 8.67. The van der Waals surface area contributed by atoms with Crippen molar-refractivity contribution in [1.82, 2.24) is 15.5 Å². The number of halogens is 1. The van der Waals surface area contributed by atoms with Crippen LogP contribution < -0.4 is 10.6 Å². The molecule has 1 atom stereocenters. The van der Waals surface area contributed by atoms with Gasteiger partial charge in [-0.05, 0) is 32.9 Å². The summed E-state index contributed by atoms with van der Waals surface area (Å²) in [5, 5.41) is 17.1. The second-order valence-electron chi connectivity index (χ2n) is 6.45. The van der Waals surface area contributed by atoms with Crippen molar-refractivity contribution in [3.05, 3.63) is 21.9 Å². The Morgan fingerprint density at radius 3 is 2.68 bits per heavy atom. The normalized spacial score (nSPS) is 18.3. The number of rotatable bonds is 7. The van der Waals surface area contributed by atoms with Gasteiger partial charge in [-0.15, -0.1) is 35.3 Å². The standard InChI is InChI=1S/C17H30N4O2S.HI/c1-4-18-16(19-11-15-6-5-14(2)24-15)20-12-17(3,22)13-21-7-9-23-10-8-21;/h5-6,22H,4,7-13H2,1-3H3,(H2,18,19,20);1H. The summed E-state index contributed by atoms with van der Waals surface area (Å²) in [5.74, 6) is 0.741. The minimum absolute atomic E-state index is 0. The molecule has 1 aromatic heterocycles. The molecule has 3 N–H and O–H groups in total. The van der Waals surface area contributed by atoms with E-state index in [1.165, 1.54) is 9.75 Å². The summed E-state index contributed by atoms with van der Waals surface area (Å²) in [4.78, 5) is 9.39. The van der Waals surface area contributed by atoms with Crippen molar-refractivity contribution >= 4 is 41.3 Å². The van der Waals surface area contributed by atoms with Crippen LogP contribution in [0.5, 0.6) is 0 Å². The van der Waals surface area contributed by atoms with Crippen LogP contribution in [0.25, 0.3) is 0 Å². The maximum atomic E-state index is 10.6. The number of aryl methyl sites for hydroxylation is 1. The lowest BCUT2D eigenvalue weighted by atomic mass is 10.1. The Labute approximate surface area is 172 Å². The maximum Gasteiger partial charge on any atom is 0.191 e. The number of ether oxygens (including phenoxy) is 1. The molecule has 0 aliphatic carbocycles.